The van der Waals surface area contributed by atoms with Crippen LogP contribution in [-0.4, -0.2) is 11.3 Å². The molecule has 1 saturated carbocycles. The molecule has 0 saturated heterocycles. The minimum Gasteiger partial charge on any atom is -0.383 e. The van der Waals surface area contributed by atoms with Gasteiger partial charge in [0.25, 0.3) is 0 Å². The zero-order chi connectivity index (χ0) is 10.3. The fourth-order valence-electron chi connectivity index (χ4n) is 2.55. The van der Waals surface area contributed by atoms with E-state index >= 15 is 0 Å². The highest BCUT2D eigenvalue weighted by molar-refractivity contribution is 9.10. The van der Waals surface area contributed by atoms with Crippen molar-refractivity contribution in [1.82, 2.24) is 0 Å². The van der Waals surface area contributed by atoms with Gasteiger partial charge in [-0.25, -0.2) is 0 Å². The standard InChI is InChI=1S/C12H14BrNS/c13-9-3-4-10-11(7-9)15-12(8-14-10)5-1-2-6-12/h3-4,7,14H,1-2,5-6,8H2. The number of benzene rings is 1. The number of halogens is 1. The third-order valence-corrected chi connectivity index (χ3v) is 5.42. The molecule has 1 heterocycles. The molecule has 1 nitrogen and oxygen atoms in total. The first-order chi connectivity index (χ1) is 7.27. The molecular formula is C12H14BrNS. The zero-order valence-electron chi connectivity index (χ0n) is 8.55. The summed E-state index contributed by atoms with van der Waals surface area (Å²) >= 11 is 5.63. The lowest BCUT2D eigenvalue weighted by Gasteiger charge is -2.34. The van der Waals surface area contributed by atoms with Gasteiger partial charge >= 0.3 is 0 Å². The lowest BCUT2D eigenvalue weighted by atomic mass is 10.1. The Morgan fingerprint density at radius 1 is 1.27 bits per heavy atom. The van der Waals surface area contributed by atoms with Gasteiger partial charge in [0.1, 0.15) is 0 Å². The Hall–Kier alpha value is -0.150. The van der Waals surface area contributed by atoms with Crippen molar-refractivity contribution in [2.75, 3.05) is 11.9 Å². The van der Waals surface area contributed by atoms with Crippen molar-refractivity contribution in [3.05, 3.63) is 22.7 Å². The molecule has 3 heteroatoms. The molecule has 0 amide bonds. The summed E-state index contributed by atoms with van der Waals surface area (Å²) in [4.78, 5) is 1.41. The molecule has 80 valence electrons. The van der Waals surface area contributed by atoms with Crippen molar-refractivity contribution in [3.8, 4) is 0 Å². The summed E-state index contributed by atoms with van der Waals surface area (Å²) in [6.45, 7) is 1.15. The lowest BCUT2D eigenvalue weighted by Crippen LogP contribution is -2.33. The molecular weight excluding hydrogens is 270 g/mol. The SMILES string of the molecule is Brc1ccc2c(c1)SC1(CCCC1)CN2. The molecule has 15 heavy (non-hydrogen) atoms. The van der Waals surface area contributed by atoms with Crippen LogP contribution in [0.5, 0.6) is 0 Å². The molecule has 3 rings (SSSR count). The third-order valence-electron chi connectivity index (χ3n) is 3.39. The second-order valence-electron chi connectivity index (χ2n) is 4.49. The van der Waals surface area contributed by atoms with Crippen LogP contribution in [-0.2, 0) is 0 Å². The van der Waals surface area contributed by atoms with Gasteiger partial charge in [-0.3, -0.25) is 0 Å². The molecule has 0 radical (unpaired) electrons. The van der Waals surface area contributed by atoms with E-state index in [1.54, 1.807) is 0 Å². The Morgan fingerprint density at radius 3 is 2.87 bits per heavy atom. The molecule has 0 bridgehead atoms. The molecule has 1 N–H and O–H groups in total. The van der Waals surface area contributed by atoms with Crippen molar-refractivity contribution in [2.24, 2.45) is 0 Å². The van der Waals surface area contributed by atoms with Crippen LogP contribution in [0.3, 0.4) is 0 Å². The first kappa shape index (κ1) is 10.0. The Balaban J connectivity index is 1.94. The molecule has 1 aliphatic heterocycles. The van der Waals surface area contributed by atoms with Crippen molar-refractivity contribution in [1.29, 1.82) is 0 Å². The smallest absolute Gasteiger partial charge is 0.0479 e. The van der Waals surface area contributed by atoms with Crippen LogP contribution < -0.4 is 5.32 Å². The average Bonchev–Trinajstić information content (AvgIpc) is 2.66. The van der Waals surface area contributed by atoms with Crippen LogP contribution in [0, 0.1) is 0 Å². The van der Waals surface area contributed by atoms with E-state index in [0.717, 1.165) is 6.54 Å². The highest BCUT2D eigenvalue weighted by atomic mass is 79.9. The number of nitrogens with one attached hydrogen (secondary N) is 1. The number of hydrogen-bond acceptors (Lipinski definition) is 2. The summed E-state index contributed by atoms with van der Waals surface area (Å²) in [5, 5.41) is 3.58. The van der Waals surface area contributed by atoms with Crippen molar-refractivity contribution >= 4 is 33.4 Å². The van der Waals surface area contributed by atoms with Crippen LogP contribution >= 0.6 is 27.7 Å². The Kier molecular flexibility index (Phi) is 2.48. The predicted molar refractivity (Wildman–Crippen MR) is 69.7 cm³/mol. The van der Waals surface area contributed by atoms with Crippen LogP contribution in [0.2, 0.25) is 0 Å². The quantitative estimate of drug-likeness (QED) is 0.763. The van der Waals surface area contributed by atoms with Gasteiger partial charge in [0, 0.05) is 26.3 Å². The number of hydrogen-bond donors (Lipinski definition) is 1. The fraction of sp³-hybridized carbons (Fsp3) is 0.500. The monoisotopic (exact) mass is 283 g/mol. The Morgan fingerprint density at radius 2 is 2.07 bits per heavy atom. The number of thioether (sulfide) groups is 1. The summed E-state index contributed by atoms with van der Waals surface area (Å²) in [6.07, 6.45) is 5.54. The van der Waals surface area contributed by atoms with Gasteiger partial charge in [0.15, 0.2) is 0 Å². The molecule has 0 aromatic heterocycles. The van der Waals surface area contributed by atoms with Gasteiger partial charge in [0.2, 0.25) is 0 Å². The van der Waals surface area contributed by atoms with Crippen LogP contribution in [0.15, 0.2) is 27.6 Å². The predicted octanol–water partition coefficient (Wildman–Crippen LogP) is 4.28. The van der Waals surface area contributed by atoms with Gasteiger partial charge in [-0.2, -0.15) is 0 Å². The van der Waals surface area contributed by atoms with Gasteiger partial charge in [-0.05, 0) is 31.0 Å². The molecule has 1 aromatic carbocycles. The van der Waals surface area contributed by atoms with E-state index in [9.17, 15) is 0 Å². The lowest BCUT2D eigenvalue weighted by molar-refractivity contribution is 0.631. The molecule has 1 aromatic rings. The van der Waals surface area contributed by atoms with E-state index in [-0.39, 0.29) is 0 Å². The Bertz CT molecular complexity index is 385. The number of fused-ring (bicyclic) bond motifs is 1. The van der Waals surface area contributed by atoms with E-state index in [1.807, 2.05) is 0 Å². The van der Waals surface area contributed by atoms with E-state index in [1.165, 1.54) is 40.7 Å². The third kappa shape index (κ3) is 1.80. The first-order valence-electron chi connectivity index (χ1n) is 5.50. The number of rotatable bonds is 0. The zero-order valence-corrected chi connectivity index (χ0v) is 11.0. The topological polar surface area (TPSA) is 12.0 Å². The fourth-order valence-corrected chi connectivity index (χ4v) is 4.60. The van der Waals surface area contributed by atoms with E-state index in [2.05, 4.69) is 51.2 Å². The highest BCUT2D eigenvalue weighted by Gasteiger charge is 2.37. The Labute approximate surface area is 103 Å². The van der Waals surface area contributed by atoms with Crippen LogP contribution in [0.25, 0.3) is 0 Å². The summed E-state index contributed by atoms with van der Waals surface area (Å²) in [5.74, 6) is 0. The van der Waals surface area contributed by atoms with Gasteiger partial charge < -0.3 is 5.32 Å². The van der Waals surface area contributed by atoms with Gasteiger partial charge in [-0.1, -0.05) is 28.8 Å². The van der Waals surface area contributed by atoms with Gasteiger partial charge in [0.05, 0.1) is 0 Å². The van der Waals surface area contributed by atoms with E-state index in [0.29, 0.717) is 4.75 Å². The highest BCUT2D eigenvalue weighted by Crippen LogP contribution is 2.50. The second kappa shape index (κ2) is 3.70. The first-order valence-corrected chi connectivity index (χ1v) is 7.11. The van der Waals surface area contributed by atoms with Crippen molar-refractivity contribution < 1.29 is 0 Å². The van der Waals surface area contributed by atoms with Crippen molar-refractivity contribution in [2.45, 2.75) is 35.3 Å². The van der Waals surface area contributed by atoms with Crippen LogP contribution in [0.4, 0.5) is 5.69 Å². The van der Waals surface area contributed by atoms with E-state index < -0.39 is 0 Å². The molecule has 2 aliphatic rings. The minimum absolute atomic E-state index is 0.494. The minimum atomic E-state index is 0.494. The summed E-state index contributed by atoms with van der Waals surface area (Å²) in [6, 6.07) is 6.53. The molecule has 1 spiro atoms. The van der Waals surface area contributed by atoms with Gasteiger partial charge in [-0.15, -0.1) is 11.8 Å². The average molecular weight is 284 g/mol. The molecule has 1 fully saturated rings. The molecule has 0 unspecified atom stereocenters. The normalized spacial score (nSPS) is 22.5. The molecule has 0 atom stereocenters. The maximum atomic E-state index is 3.58. The van der Waals surface area contributed by atoms with Crippen LogP contribution in [0.1, 0.15) is 25.7 Å². The summed E-state index contributed by atoms with van der Waals surface area (Å²) in [5.41, 5.74) is 1.31. The van der Waals surface area contributed by atoms with E-state index in [4.69, 9.17) is 0 Å². The second-order valence-corrected chi connectivity index (χ2v) is 6.91. The summed E-state index contributed by atoms with van der Waals surface area (Å²) < 4.78 is 1.68. The summed E-state index contributed by atoms with van der Waals surface area (Å²) in [7, 11) is 0. The molecule has 1 aliphatic carbocycles. The maximum absolute atomic E-state index is 3.58. The number of anilines is 1. The van der Waals surface area contributed by atoms with Crippen molar-refractivity contribution in [3.63, 3.8) is 0 Å². The maximum Gasteiger partial charge on any atom is 0.0479 e. The largest absolute Gasteiger partial charge is 0.383 e.